The molecule has 0 spiro atoms. The first kappa shape index (κ1) is 20.8. The second-order valence-electron chi connectivity index (χ2n) is 6.37. The standard InChI is InChI=1S/C20H21N5O5/c1-29-18(26)9-16(10-19(27)30-2)25-13-15(12-22-25)23-20(28)14-5-6-17(21-11-14)24-7-3-4-8-24/h3-8,11-13,16H,9-10H2,1-2H3,(H,23,28). The molecule has 0 aliphatic heterocycles. The van der Waals surface area contributed by atoms with E-state index >= 15 is 0 Å². The molecule has 0 saturated heterocycles. The third kappa shape index (κ3) is 5.10. The minimum atomic E-state index is -0.599. The Morgan fingerprint density at radius 2 is 1.70 bits per heavy atom. The van der Waals surface area contributed by atoms with E-state index in [1.807, 2.05) is 29.1 Å². The highest BCUT2D eigenvalue weighted by atomic mass is 16.5. The second-order valence-corrected chi connectivity index (χ2v) is 6.37. The molecule has 0 radical (unpaired) electrons. The molecule has 0 fully saturated rings. The van der Waals surface area contributed by atoms with Crippen LogP contribution in [0.3, 0.4) is 0 Å². The molecule has 0 aliphatic carbocycles. The van der Waals surface area contributed by atoms with Crippen LogP contribution in [0.4, 0.5) is 5.69 Å². The molecule has 1 N–H and O–H groups in total. The van der Waals surface area contributed by atoms with Crippen LogP contribution in [0.2, 0.25) is 0 Å². The number of nitrogens with zero attached hydrogens (tertiary/aromatic N) is 4. The van der Waals surface area contributed by atoms with Crippen molar-refractivity contribution in [1.29, 1.82) is 0 Å². The Balaban J connectivity index is 1.69. The maximum absolute atomic E-state index is 12.5. The topological polar surface area (TPSA) is 117 Å². The zero-order valence-corrected chi connectivity index (χ0v) is 16.5. The van der Waals surface area contributed by atoms with Gasteiger partial charge in [0.15, 0.2) is 0 Å². The molecule has 156 valence electrons. The fraction of sp³-hybridized carbons (Fsp3) is 0.250. The molecule has 3 heterocycles. The minimum Gasteiger partial charge on any atom is -0.469 e. The number of esters is 2. The first-order valence-corrected chi connectivity index (χ1v) is 9.08. The SMILES string of the molecule is COC(=O)CC(CC(=O)OC)n1cc(NC(=O)c2ccc(-n3cccc3)nc2)cn1. The van der Waals surface area contributed by atoms with Gasteiger partial charge in [-0.25, -0.2) is 4.98 Å². The molecule has 0 unspecified atom stereocenters. The summed E-state index contributed by atoms with van der Waals surface area (Å²) in [6.45, 7) is 0. The average Bonchev–Trinajstić information content (AvgIpc) is 3.45. The molecule has 3 aromatic rings. The molecule has 3 rings (SSSR count). The van der Waals surface area contributed by atoms with Gasteiger partial charge < -0.3 is 19.4 Å². The van der Waals surface area contributed by atoms with Crippen LogP contribution in [0.5, 0.6) is 0 Å². The molecule has 0 aliphatic rings. The van der Waals surface area contributed by atoms with Gasteiger partial charge in [0.1, 0.15) is 5.82 Å². The lowest BCUT2D eigenvalue weighted by Gasteiger charge is -2.15. The van der Waals surface area contributed by atoms with E-state index in [0.29, 0.717) is 17.1 Å². The van der Waals surface area contributed by atoms with E-state index in [-0.39, 0.29) is 18.7 Å². The summed E-state index contributed by atoms with van der Waals surface area (Å²) >= 11 is 0. The number of nitrogens with one attached hydrogen (secondary N) is 1. The maximum atomic E-state index is 12.5. The van der Waals surface area contributed by atoms with E-state index in [1.165, 1.54) is 37.5 Å². The Bertz CT molecular complexity index is 993. The Morgan fingerprint density at radius 1 is 1.03 bits per heavy atom. The Morgan fingerprint density at radius 3 is 2.27 bits per heavy atom. The zero-order valence-electron chi connectivity index (χ0n) is 16.5. The number of carbonyl (C=O) groups excluding carboxylic acids is 3. The van der Waals surface area contributed by atoms with Crippen molar-refractivity contribution < 1.29 is 23.9 Å². The molecule has 30 heavy (non-hydrogen) atoms. The molecule has 10 nitrogen and oxygen atoms in total. The van der Waals surface area contributed by atoms with Gasteiger partial charge in [-0.3, -0.25) is 19.1 Å². The summed E-state index contributed by atoms with van der Waals surface area (Å²) in [5, 5.41) is 6.87. The zero-order chi connectivity index (χ0) is 21.5. The van der Waals surface area contributed by atoms with Gasteiger partial charge in [0.2, 0.25) is 0 Å². The van der Waals surface area contributed by atoms with Crippen LogP contribution in [0.15, 0.2) is 55.2 Å². The first-order chi connectivity index (χ1) is 14.5. The molecular weight excluding hydrogens is 390 g/mol. The van der Waals surface area contributed by atoms with E-state index in [2.05, 4.69) is 24.9 Å². The number of ether oxygens (including phenoxy) is 2. The van der Waals surface area contributed by atoms with E-state index in [1.54, 1.807) is 12.1 Å². The Hall–Kier alpha value is -3.95. The van der Waals surface area contributed by atoms with E-state index in [9.17, 15) is 14.4 Å². The van der Waals surface area contributed by atoms with Crippen LogP contribution < -0.4 is 5.32 Å². The van der Waals surface area contributed by atoms with E-state index in [0.717, 1.165) is 0 Å². The van der Waals surface area contributed by atoms with Crippen LogP contribution in [-0.4, -0.2) is 51.4 Å². The van der Waals surface area contributed by atoms with Crippen LogP contribution in [0, 0.1) is 0 Å². The maximum Gasteiger partial charge on any atom is 0.307 e. The minimum absolute atomic E-state index is 0.0640. The van der Waals surface area contributed by atoms with Crippen molar-refractivity contribution in [3.63, 3.8) is 0 Å². The van der Waals surface area contributed by atoms with Crippen molar-refractivity contribution in [2.45, 2.75) is 18.9 Å². The van der Waals surface area contributed by atoms with Gasteiger partial charge >= 0.3 is 11.9 Å². The highest BCUT2D eigenvalue weighted by Gasteiger charge is 2.22. The van der Waals surface area contributed by atoms with Crippen LogP contribution in [-0.2, 0) is 19.1 Å². The number of hydrogen-bond donors (Lipinski definition) is 1. The number of amides is 1. The number of pyridine rings is 1. The number of aromatic nitrogens is 4. The normalized spacial score (nSPS) is 10.6. The number of rotatable bonds is 8. The summed E-state index contributed by atoms with van der Waals surface area (Å²) in [5.74, 6) is -0.644. The van der Waals surface area contributed by atoms with Crippen molar-refractivity contribution in [3.8, 4) is 5.82 Å². The highest BCUT2D eigenvalue weighted by molar-refractivity contribution is 6.03. The average molecular weight is 411 g/mol. The quantitative estimate of drug-likeness (QED) is 0.563. The predicted octanol–water partition coefficient (Wildman–Crippen LogP) is 1.99. The largest absolute Gasteiger partial charge is 0.469 e. The lowest BCUT2D eigenvalue weighted by Crippen LogP contribution is -2.19. The lowest BCUT2D eigenvalue weighted by atomic mass is 10.1. The van der Waals surface area contributed by atoms with Crippen LogP contribution >= 0.6 is 0 Å². The van der Waals surface area contributed by atoms with Crippen molar-refractivity contribution in [2.75, 3.05) is 19.5 Å². The van der Waals surface area contributed by atoms with Crippen molar-refractivity contribution in [3.05, 3.63) is 60.8 Å². The molecule has 0 bridgehead atoms. The van der Waals surface area contributed by atoms with Gasteiger partial charge in [0.05, 0.1) is 50.6 Å². The molecule has 0 saturated carbocycles. The third-order valence-corrected chi connectivity index (χ3v) is 4.37. The summed E-state index contributed by atoms with van der Waals surface area (Å²) in [4.78, 5) is 40.1. The molecule has 10 heteroatoms. The number of carbonyl (C=O) groups is 3. The molecule has 1 amide bonds. The van der Waals surface area contributed by atoms with E-state index in [4.69, 9.17) is 0 Å². The fourth-order valence-corrected chi connectivity index (χ4v) is 2.78. The number of methoxy groups -OCH3 is 2. The van der Waals surface area contributed by atoms with Gasteiger partial charge in [-0.15, -0.1) is 0 Å². The van der Waals surface area contributed by atoms with Gasteiger partial charge in [0, 0.05) is 24.8 Å². The molecule has 3 aromatic heterocycles. The molecule has 0 aromatic carbocycles. The molecular formula is C20H21N5O5. The van der Waals surface area contributed by atoms with Crippen molar-refractivity contribution in [1.82, 2.24) is 19.3 Å². The summed E-state index contributed by atoms with van der Waals surface area (Å²) in [6.07, 6.45) is 8.03. The van der Waals surface area contributed by atoms with Gasteiger partial charge in [-0.2, -0.15) is 5.10 Å². The second kappa shape index (κ2) is 9.50. The molecule has 0 atom stereocenters. The predicted molar refractivity (Wildman–Crippen MR) is 106 cm³/mol. The highest BCUT2D eigenvalue weighted by Crippen LogP contribution is 2.20. The van der Waals surface area contributed by atoms with E-state index < -0.39 is 18.0 Å². The van der Waals surface area contributed by atoms with Crippen molar-refractivity contribution >= 4 is 23.5 Å². The number of anilines is 1. The fourth-order valence-electron chi connectivity index (χ4n) is 2.78. The van der Waals surface area contributed by atoms with Crippen molar-refractivity contribution in [2.24, 2.45) is 0 Å². The Labute approximate surface area is 172 Å². The Kier molecular flexibility index (Phi) is 6.58. The summed E-state index contributed by atoms with van der Waals surface area (Å²) in [7, 11) is 2.53. The van der Waals surface area contributed by atoms with Gasteiger partial charge in [0.25, 0.3) is 5.91 Å². The van der Waals surface area contributed by atoms with Gasteiger partial charge in [-0.1, -0.05) is 0 Å². The van der Waals surface area contributed by atoms with Gasteiger partial charge in [-0.05, 0) is 24.3 Å². The number of hydrogen-bond acceptors (Lipinski definition) is 7. The first-order valence-electron chi connectivity index (χ1n) is 9.08. The van der Waals surface area contributed by atoms with Crippen LogP contribution in [0.25, 0.3) is 5.82 Å². The third-order valence-electron chi connectivity index (χ3n) is 4.37. The summed E-state index contributed by atoms with van der Waals surface area (Å²) < 4.78 is 12.6. The monoisotopic (exact) mass is 411 g/mol. The van der Waals surface area contributed by atoms with Crippen LogP contribution in [0.1, 0.15) is 29.2 Å². The smallest absolute Gasteiger partial charge is 0.307 e. The lowest BCUT2D eigenvalue weighted by molar-refractivity contribution is -0.144. The summed E-state index contributed by atoms with van der Waals surface area (Å²) in [5.41, 5.74) is 0.786. The summed E-state index contributed by atoms with van der Waals surface area (Å²) in [6, 6.07) is 6.57.